The standard InChI is InChI=1S/C20H17NO2/c1-13-16-8-5-6-10-18(16)21-12-15(20(22)23-2)11-14-7-3-4-9-17(14)19(13)21/h3-11H,12H2,1-2H3. The molecule has 4 rings (SSSR count). The molecule has 2 heterocycles. The van der Waals surface area contributed by atoms with E-state index in [1.165, 1.54) is 23.8 Å². The second kappa shape index (κ2) is 5.13. The van der Waals surface area contributed by atoms with Crippen molar-refractivity contribution in [2.45, 2.75) is 13.5 Å². The number of nitrogens with zero attached hydrogens (tertiary/aromatic N) is 1. The van der Waals surface area contributed by atoms with Gasteiger partial charge in [0.15, 0.2) is 0 Å². The molecule has 0 spiro atoms. The van der Waals surface area contributed by atoms with Crippen molar-refractivity contribution >= 4 is 22.9 Å². The first-order chi connectivity index (χ1) is 11.2. The number of hydrogen-bond donors (Lipinski definition) is 0. The molecule has 0 radical (unpaired) electrons. The summed E-state index contributed by atoms with van der Waals surface area (Å²) in [4.78, 5) is 12.2. The van der Waals surface area contributed by atoms with Gasteiger partial charge in [0.05, 0.1) is 24.9 Å². The molecule has 0 bridgehead atoms. The zero-order chi connectivity index (χ0) is 16.0. The first-order valence-electron chi connectivity index (χ1n) is 7.67. The second-order valence-corrected chi connectivity index (χ2v) is 5.83. The van der Waals surface area contributed by atoms with Crippen LogP contribution < -0.4 is 0 Å². The topological polar surface area (TPSA) is 31.2 Å². The zero-order valence-corrected chi connectivity index (χ0v) is 13.2. The lowest BCUT2D eigenvalue weighted by Gasteiger charge is -2.10. The molecule has 1 aliphatic heterocycles. The van der Waals surface area contributed by atoms with Crippen LogP contribution in [0.3, 0.4) is 0 Å². The van der Waals surface area contributed by atoms with Crippen molar-refractivity contribution in [3.05, 3.63) is 65.2 Å². The summed E-state index contributed by atoms with van der Waals surface area (Å²) >= 11 is 0. The van der Waals surface area contributed by atoms with Gasteiger partial charge >= 0.3 is 5.97 Å². The van der Waals surface area contributed by atoms with Gasteiger partial charge in [0, 0.05) is 16.5 Å². The highest BCUT2D eigenvalue weighted by atomic mass is 16.5. The number of carbonyl (C=O) groups is 1. The molecule has 23 heavy (non-hydrogen) atoms. The number of rotatable bonds is 1. The molecule has 3 aromatic rings. The fourth-order valence-corrected chi connectivity index (χ4v) is 3.48. The minimum absolute atomic E-state index is 0.275. The number of aryl methyl sites for hydroxylation is 1. The molecule has 3 heteroatoms. The highest BCUT2D eigenvalue weighted by Gasteiger charge is 2.23. The van der Waals surface area contributed by atoms with Gasteiger partial charge in [-0.15, -0.1) is 0 Å². The number of fused-ring (bicyclic) bond motifs is 5. The van der Waals surface area contributed by atoms with Gasteiger partial charge in [0.2, 0.25) is 0 Å². The maximum atomic E-state index is 12.2. The van der Waals surface area contributed by atoms with Crippen molar-refractivity contribution in [1.82, 2.24) is 4.57 Å². The van der Waals surface area contributed by atoms with Crippen LogP contribution in [0.4, 0.5) is 0 Å². The number of esters is 1. The summed E-state index contributed by atoms with van der Waals surface area (Å²) in [6.45, 7) is 2.67. The van der Waals surface area contributed by atoms with Gasteiger partial charge in [-0.2, -0.15) is 0 Å². The van der Waals surface area contributed by atoms with Crippen LogP contribution in [0.1, 0.15) is 11.1 Å². The average Bonchev–Trinajstić information content (AvgIpc) is 2.76. The summed E-state index contributed by atoms with van der Waals surface area (Å²) in [5.74, 6) is -0.275. The average molecular weight is 303 g/mol. The zero-order valence-electron chi connectivity index (χ0n) is 13.2. The normalized spacial score (nSPS) is 13.0. The molecule has 0 atom stereocenters. The Bertz CT molecular complexity index is 963. The SMILES string of the molecule is COC(=O)C1=Cc2ccccc2-c2c(C)c3ccccc3n2C1. The number of carbonyl (C=O) groups excluding carboxylic acids is 1. The Morgan fingerprint density at radius 2 is 1.83 bits per heavy atom. The second-order valence-electron chi connectivity index (χ2n) is 5.83. The van der Waals surface area contributed by atoms with Gasteiger partial charge in [-0.25, -0.2) is 4.79 Å². The highest BCUT2D eigenvalue weighted by Crippen LogP contribution is 2.38. The van der Waals surface area contributed by atoms with E-state index in [0.717, 1.165) is 16.6 Å². The van der Waals surface area contributed by atoms with E-state index in [0.29, 0.717) is 12.1 Å². The lowest BCUT2D eigenvalue weighted by molar-refractivity contribution is -0.136. The number of aromatic nitrogens is 1. The van der Waals surface area contributed by atoms with E-state index < -0.39 is 0 Å². The highest BCUT2D eigenvalue weighted by molar-refractivity contribution is 5.99. The van der Waals surface area contributed by atoms with Crippen LogP contribution in [0.2, 0.25) is 0 Å². The van der Waals surface area contributed by atoms with Gasteiger partial charge in [-0.1, -0.05) is 42.5 Å². The summed E-state index contributed by atoms with van der Waals surface area (Å²) in [6, 6.07) is 16.5. The number of hydrogen-bond acceptors (Lipinski definition) is 2. The molecule has 1 aromatic heterocycles. The summed E-state index contributed by atoms with van der Waals surface area (Å²) < 4.78 is 7.20. The summed E-state index contributed by atoms with van der Waals surface area (Å²) in [5, 5.41) is 1.23. The molecule has 0 N–H and O–H groups in total. The Balaban J connectivity index is 2.10. The molecular formula is C20H17NO2. The van der Waals surface area contributed by atoms with Crippen molar-refractivity contribution < 1.29 is 9.53 Å². The van der Waals surface area contributed by atoms with E-state index in [1.807, 2.05) is 30.3 Å². The van der Waals surface area contributed by atoms with Crippen molar-refractivity contribution in [3.8, 4) is 11.3 Å². The van der Waals surface area contributed by atoms with Crippen LogP contribution >= 0.6 is 0 Å². The fraction of sp³-hybridized carbons (Fsp3) is 0.150. The maximum absolute atomic E-state index is 12.2. The molecule has 2 aromatic carbocycles. The molecule has 0 saturated carbocycles. The van der Waals surface area contributed by atoms with E-state index in [9.17, 15) is 4.79 Å². The lowest BCUT2D eigenvalue weighted by Crippen LogP contribution is -2.11. The van der Waals surface area contributed by atoms with Crippen molar-refractivity contribution in [2.24, 2.45) is 0 Å². The van der Waals surface area contributed by atoms with Crippen molar-refractivity contribution in [1.29, 1.82) is 0 Å². The summed E-state index contributed by atoms with van der Waals surface area (Å²) in [7, 11) is 1.43. The molecule has 114 valence electrons. The maximum Gasteiger partial charge on any atom is 0.335 e. The van der Waals surface area contributed by atoms with Crippen LogP contribution in [0, 0.1) is 6.92 Å². The molecule has 1 aliphatic rings. The number of ether oxygens (including phenoxy) is 1. The van der Waals surface area contributed by atoms with E-state index in [4.69, 9.17) is 4.74 Å². The molecule has 3 nitrogen and oxygen atoms in total. The minimum atomic E-state index is -0.275. The van der Waals surface area contributed by atoms with Crippen LogP contribution in [0.15, 0.2) is 54.1 Å². The van der Waals surface area contributed by atoms with E-state index >= 15 is 0 Å². The molecule has 0 amide bonds. The van der Waals surface area contributed by atoms with Gasteiger partial charge in [-0.05, 0) is 30.2 Å². The van der Waals surface area contributed by atoms with Gasteiger partial charge in [-0.3, -0.25) is 0 Å². The Kier molecular flexibility index (Phi) is 3.08. The van der Waals surface area contributed by atoms with Gasteiger partial charge in [0.1, 0.15) is 0 Å². The van der Waals surface area contributed by atoms with Crippen molar-refractivity contribution in [2.75, 3.05) is 7.11 Å². The number of para-hydroxylation sites is 1. The lowest BCUT2D eigenvalue weighted by atomic mass is 10.0. The molecule has 0 aliphatic carbocycles. The minimum Gasteiger partial charge on any atom is -0.466 e. The monoisotopic (exact) mass is 303 g/mol. The third-order valence-electron chi connectivity index (χ3n) is 4.55. The van der Waals surface area contributed by atoms with Crippen LogP contribution in [0.5, 0.6) is 0 Å². The summed E-state index contributed by atoms with van der Waals surface area (Å²) in [5.41, 5.74) is 6.44. The molecular weight excluding hydrogens is 286 g/mol. The van der Waals surface area contributed by atoms with E-state index in [2.05, 4.69) is 35.8 Å². The van der Waals surface area contributed by atoms with Crippen molar-refractivity contribution in [3.63, 3.8) is 0 Å². The largest absolute Gasteiger partial charge is 0.466 e. The van der Waals surface area contributed by atoms with Crippen LogP contribution in [0.25, 0.3) is 28.2 Å². The Labute approximate surface area is 134 Å². The Morgan fingerprint density at radius 1 is 1.09 bits per heavy atom. The Morgan fingerprint density at radius 3 is 2.65 bits per heavy atom. The predicted molar refractivity (Wildman–Crippen MR) is 92.1 cm³/mol. The number of methoxy groups -OCH3 is 1. The molecule has 0 saturated heterocycles. The fourth-order valence-electron chi connectivity index (χ4n) is 3.48. The van der Waals surface area contributed by atoms with E-state index in [-0.39, 0.29) is 5.97 Å². The quantitative estimate of drug-likeness (QED) is 0.631. The van der Waals surface area contributed by atoms with Gasteiger partial charge in [0.25, 0.3) is 0 Å². The smallest absolute Gasteiger partial charge is 0.335 e. The summed E-state index contributed by atoms with van der Waals surface area (Å²) in [6.07, 6.45) is 1.95. The first kappa shape index (κ1) is 13.8. The first-order valence-corrected chi connectivity index (χ1v) is 7.67. The molecule has 0 fully saturated rings. The van der Waals surface area contributed by atoms with E-state index in [1.54, 1.807) is 0 Å². The predicted octanol–water partition coefficient (Wildman–Crippen LogP) is 4.19. The van der Waals surface area contributed by atoms with Gasteiger partial charge < -0.3 is 9.30 Å². The Hall–Kier alpha value is -2.81. The third kappa shape index (κ3) is 2.00. The molecule has 0 unspecified atom stereocenters. The third-order valence-corrected chi connectivity index (χ3v) is 4.55. The van der Waals surface area contributed by atoms with Crippen LogP contribution in [-0.2, 0) is 16.1 Å². The number of benzene rings is 2. The van der Waals surface area contributed by atoms with Crippen LogP contribution in [-0.4, -0.2) is 17.6 Å².